The Morgan fingerprint density at radius 1 is 1.42 bits per heavy atom. The minimum absolute atomic E-state index is 0.0516. The Morgan fingerprint density at radius 3 is 2.96 bits per heavy atom. The lowest BCUT2D eigenvalue weighted by Crippen LogP contribution is -2.44. The summed E-state index contributed by atoms with van der Waals surface area (Å²) in [7, 11) is 0. The van der Waals surface area contributed by atoms with E-state index >= 15 is 0 Å². The molecule has 0 saturated carbocycles. The van der Waals surface area contributed by atoms with Gasteiger partial charge in [-0.2, -0.15) is 0 Å². The molecule has 0 spiro atoms. The summed E-state index contributed by atoms with van der Waals surface area (Å²) in [6.07, 6.45) is 4.50. The van der Waals surface area contributed by atoms with E-state index < -0.39 is 4.92 Å². The molecule has 2 heterocycles. The van der Waals surface area contributed by atoms with Crippen molar-refractivity contribution >= 4 is 23.2 Å². The van der Waals surface area contributed by atoms with E-state index in [-0.39, 0.29) is 17.7 Å². The number of nitrogens with zero attached hydrogens (tertiary/aromatic N) is 3. The first-order chi connectivity index (χ1) is 12.5. The van der Waals surface area contributed by atoms with Crippen LogP contribution in [0.25, 0.3) is 0 Å². The number of hydrogen-bond acceptors (Lipinski definition) is 5. The number of hydrogen-bond donors (Lipinski definition) is 0. The van der Waals surface area contributed by atoms with Gasteiger partial charge in [0.25, 0.3) is 11.6 Å². The first-order valence-electron chi connectivity index (χ1n) is 8.26. The van der Waals surface area contributed by atoms with Crippen LogP contribution in [0.1, 0.15) is 28.8 Å². The fourth-order valence-corrected chi connectivity index (χ4v) is 3.14. The molecule has 1 amide bonds. The predicted molar refractivity (Wildman–Crippen MR) is 96.6 cm³/mol. The highest BCUT2D eigenvalue weighted by Gasteiger charge is 2.27. The van der Waals surface area contributed by atoms with E-state index in [0.29, 0.717) is 35.0 Å². The lowest BCUT2D eigenvalue weighted by atomic mass is 10.0. The average Bonchev–Trinajstić information content (AvgIpc) is 2.63. The smallest absolute Gasteiger partial charge is 0.273 e. The van der Waals surface area contributed by atoms with Crippen molar-refractivity contribution in [3.05, 3.63) is 62.9 Å². The molecule has 136 valence electrons. The van der Waals surface area contributed by atoms with Crippen LogP contribution in [0.2, 0.25) is 5.02 Å². The molecule has 1 atom stereocenters. The zero-order valence-electron chi connectivity index (χ0n) is 14.2. The summed E-state index contributed by atoms with van der Waals surface area (Å²) >= 11 is 6.07. The van der Waals surface area contributed by atoms with Gasteiger partial charge in [-0.1, -0.05) is 17.7 Å². The van der Waals surface area contributed by atoms with E-state index in [9.17, 15) is 14.9 Å². The van der Waals surface area contributed by atoms with E-state index in [4.69, 9.17) is 16.3 Å². The normalized spacial score (nSPS) is 17.0. The van der Waals surface area contributed by atoms with E-state index in [0.717, 1.165) is 12.8 Å². The molecule has 1 aliphatic rings. The monoisotopic (exact) mass is 375 g/mol. The number of nitro benzene ring substituents is 1. The molecule has 26 heavy (non-hydrogen) atoms. The lowest BCUT2D eigenvalue weighted by molar-refractivity contribution is -0.385. The third kappa shape index (κ3) is 3.94. The standard InChI is InChI=1S/C18H18ClN3O4/c1-12-4-5-13(9-16(12)22(24)25)18(23)21-8-2-3-14(11-21)26-17-6-7-20-10-15(17)19/h4-7,9-10,14H,2-3,8,11H2,1H3. The first-order valence-corrected chi connectivity index (χ1v) is 8.64. The summed E-state index contributed by atoms with van der Waals surface area (Å²) < 4.78 is 5.91. The van der Waals surface area contributed by atoms with Crippen molar-refractivity contribution in [2.24, 2.45) is 0 Å². The van der Waals surface area contributed by atoms with Crippen LogP contribution in [0.4, 0.5) is 5.69 Å². The molecule has 1 aromatic carbocycles. The lowest BCUT2D eigenvalue weighted by Gasteiger charge is -2.33. The number of ether oxygens (including phenoxy) is 1. The largest absolute Gasteiger partial charge is 0.487 e. The summed E-state index contributed by atoms with van der Waals surface area (Å²) in [5, 5.41) is 11.5. The summed E-state index contributed by atoms with van der Waals surface area (Å²) in [5.74, 6) is 0.300. The molecule has 0 N–H and O–H groups in total. The van der Waals surface area contributed by atoms with Crippen molar-refractivity contribution in [3.8, 4) is 5.75 Å². The van der Waals surface area contributed by atoms with Crippen LogP contribution in [0.5, 0.6) is 5.75 Å². The summed E-state index contributed by atoms with van der Waals surface area (Å²) in [6, 6.07) is 6.24. The predicted octanol–water partition coefficient (Wildman–Crippen LogP) is 3.64. The third-order valence-electron chi connectivity index (χ3n) is 4.35. The van der Waals surface area contributed by atoms with Gasteiger partial charge in [0, 0.05) is 42.2 Å². The summed E-state index contributed by atoms with van der Waals surface area (Å²) in [5.41, 5.74) is 0.785. The van der Waals surface area contributed by atoms with E-state index in [1.807, 2.05) is 0 Å². The quantitative estimate of drug-likeness (QED) is 0.601. The SMILES string of the molecule is Cc1ccc(C(=O)N2CCCC(Oc3ccncc3Cl)C2)cc1[N+](=O)[O-]. The number of benzene rings is 1. The molecule has 3 rings (SSSR count). The highest BCUT2D eigenvalue weighted by molar-refractivity contribution is 6.31. The van der Waals surface area contributed by atoms with Crippen LogP contribution >= 0.6 is 11.6 Å². The Hall–Kier alpha value is -2.67. The van der Waals surface area contributed by atoms with Gasteiger partial charge in [-0.15, -0.1) is 0 Å². The van der Waals surface area contributed by atoms with Crippen molar-refractivity contribution in [1.82, 2.24) is 9.88 Å². The fraction of sp³-hybridized carbons (Fsp3) is 0.333. The summed E-state index contributed by atoms with van der Waals surface area (Å²) in [4.78, 5) is 29.0. The van der Waals surface area contributed by atoms with Crippen molar-refractivity contribution in [3.63, 3.8) is 0 Å². The number of carbonyl (C=O) groups is 1. The van der Waals surface area contributed by atoms with Crippen molar-refractivity contribution in [1.29, 1.82) is 0 Å². The second-order valence-corrected chi connectivity index (χ2v) is 6.60. The second-order valence-electron chi connectivity index (χ2n) is 6.20. The van der Waals surface area contributed by atoms with Gasteiger partial charge in [0.1, 0.15) is 16.9 Å². The van der Waals surface area contributed by atoms with Crippen molar-refractivity contribution in [2.75, 3.05) is 13.1 Å². The number of likely N-dealkylation sites (tertiary alicyclic amines) is 1. The molecule has 1 aliphatic heterocycles. The van der Waals surface area contributed by atoms with Gasteiger partial charge < -0.3 is 9.64 Å². The van der Waals surface area contributed by atoms with E-state index in [2.05, 4.69) is 4.98 Å². The van der Waals surface area contributed by atoms with Gasteiger partial charge in [0.2, 0.25) is 0 Å². The Morgan fingerprint density at radius 2 is 2.23 bits per heavy atom. The maximum atomic E-state index is 12.8. The molecular formula is C18H18ClN3O4. The zero-order valence-corrected chi connectivity index (χ0v) is 15.0. The van der Waals surface area contributed by atoms with Gasteiger partial charge in [0.15, 0.2) is 0 Å². The molecule has 1 saturated heterocycles. The number of rotatable bonds is 4. The van der Waals surface area contributed by atoms with Crippen LogP contribution in [0.15, 0.2) is 36.7 Å². The molecule has 1 aromatic heterocycles. The number of amides is 1. The molecule has 0 aliphatic carbocycles. The minimum Gasteiger partial charge on any atom is -0.487 e. The number of pyridine rings is 1. The van der Waals surface area contributed by atoms with Crippen LogP contribution in [0.3, 0.4) is 0 Å². The Labute approximate surface area is 155 Å². The Balaban J connectivity index is 1.73. The molecule has 0 radical (unpaired) electrons. The van der Waals surface area contributed by atoms with Gasteiger partial charge in [-0.25, -0.2) is 0 Å². The van der Waals surface area contributed by atoms with Crippen LogP contribution < -0.4 is 4.74 Å². The van der Waals surface area contributed by atoms with Crippen LogP contribution in [-0.2, 0) is 0 Å². The maximum absolute atomic E-state index is 12.8. The first kappa shape index (κ1) is 18.1. The highest BCUT2D eigenvalue weighted by Crippen LogP contribution is 2.26. The third-order valence-corrected chi connectivity index (χ3v) is 4.63. The number of nitro groups is 1. The fourth-order valence-electron chi connectivity index (χ4n) is 2.98. The van der Waals surface area contributed by atoms with Gasteiger partial charge in [-0.05, 0) is 25.8 Å². The zero-order chi connectivity index (χ0) is 18.7. The number of aryl methyl sites for hydroxylation is 1. The molecule has 0 bridgehead atoms. The highest BCUT2D eigenvalue weighted by atomic mass is 35.5. The number of aromatic nitrogens is 1. The van der Waals surface area contributed by atoms with Crippen molar-refractivity contribution < 1.29 is 14.5 Å². The number of halogens is 1. The summed E-state index contributed by atoms with van der Waals surface area (Å²) in [6.45, 7) is 2.64. The van der Waals surface area contributed by atoms with E-state index in [1.165, 1.54) is 12.3 Å². The molecule has 1 fully saturated rings. The van der Waals surface area contributed by atoms with E-state index in [1.54, 1.807) is 36.2 Å². The minimum atomic E-state index is -0.473. The number of piperidine rings is 1. The van der Waals surface area contributed by atoms with Gasteiger partial charge in [-0.3, -0.25) is 19.9 Å². The molecule has 8 heteroatoms. The van der Waals surface area contributed by atoms with Crippen molar-refractivity contribution in [2.45, 2.75) is 25.9 Å². The molecule has 7 nitrogen and oxygen atoms in total. The van der Waals surface area contributed by atoms with Crippen LogP contribution in [0, 0.1) is 17.0 Å². The molecule has 2 aromatic rings. The second kappa shape index (κ2) is 7.70. The molecular weight excluding hydrogens is 358 g/mol. The van der Waals surface area contributed by atoms with Crippen LogP contribution in [-0.4, -0.2) is 39.9 Å². The topological polar surface area (TPSA) is 85.6 Å². The Bertz CT molecular complexity index is 843. The average molecular weight is 376 g/mol. The van der Waals surface area contributed by atoms with Gasteiger partial charge in [0.05, 0.1) is 11.5 Å². The Kier molecular flexibility index (Phi) is 5.37. The number of carbonyl (C=O) groups excluding carboxylic acids is 1. The van der Waals surface area contributed by atoms with Gasteiger partial charge >= 0.3 is 0 Å². The molecule has 1 unspecified atom stereocenters. The maximum Gasteiger partial charge on any atom is 0.273 e.